The second kappa shape index (κ2) is 33.1. The predicted molar refractivity (Wildman–Crippen MR) is 171 cm³/mol. The van der Waals surface area contributed by atoms with Crippen molar-refractivity contribution in [3.05, 3.63) is 0 Å². The molecule has 2 atom stereocenters. The molecule has 0 fully saturated rings. The van der Waals surface area contributed by atoms with Crippen LogP contribution in [0.4, 0.5) is 0 Å². The molecule has 0 spiro atoms. The van der Waals surface area contributed by atoms with Gasteiger partial charge in [-0.15, -0.1) is 0 Å². The maximum atomic E-state index is 8.99. The molecule has 2 N–H and O–H groups in total. The minimum atomic E-state index is 0.366. The molecule has 2 heteroatoms. The van der Waals surface area contributed by atoms with Gasteiger partial charge in [0, 0.05) is 13.2 Å². The van der Waals surface area contributed by atoms with Gasteiger partial charge in [-0.1, -0.05) is 194 Å². The second-order valence-corrected chi connectivity index (χ2v) is 12.6. The first-order chi connectivity index (χ1) is 18.8. The Hall–Kier alpha value is -0.0800. The smallest absolute Gasteiger partial charge is 0.0431 e. The van der Waals surface area contributed by atoms with E-state index in [9.17, 15) is 0 Å². The van der Waals surface area contributed by atoms with Crippen molar-refractivity contribution in [1.82, 2.24) is 0 Å². The summed E-state index contributed by atoms with van der Waals surface area (Å²) < 4.78 is 0. The number of unbranched alkanes of at least 4 members (excludes halogenated alkanes) is 22. The molecule has 230 valence electrons. The van der Waals surface area contributed by atoms with E-state index in [1.807, 2.05) is 0 Å². The van der Waals surface area contributed by atoms with Gasteiger partial charge in [0.15, 0.2) is 0 Å². The van der Waals surface area contributed by atoms with Crippen LogP contribution in [0.1, 0.15) is 206 Å². The third-order valence-corrected chi connectivity index (χ3v) is 8.99. The number of rotatable bonds is 33. The Bertz CT molecular complexity index is 410. The molecule has 0 saturated carbocycles. The molecule has 0 aromatic heterocycles. The maximum absolute atomic E-state index is 8.99. The van der Waals surface area contributed by atoms with E-state index in [0.717, 1.165) is 24.7 Å². The molecule has 0 aromatic rings. The fraction of sp³-hybridized carbons (Fsp3) is 1.00. The van der Waals surface area contributed by atoms with Crippen LogP contribution in [0.2, 0.25) is 0 Å². The van der Waals surface area contributed by atoms with Gasteiger partial charge in [0.1, 0.15) is 0 Å². The summed E-state index contributed by atoms with van der Waals surface area (Å²) in [5.74, 6) is 1.95. The van der Waals surface area contributed by atoms with Crippen molar-refractivity contribution >= 4 is 0 Å². The molecule has 0 aliphatic carbocycles. The number of hydrogen-bond donors (Lipinski definition) is 2. The maximum Gasteiger partial charge on any atom is 0.0431 e. The molecule has 38 heavy (non-hydrogen) atoms. The first kappa shape index (κ1) is 37.9. The van der Waals surface area contributed by atoms with Gasteiger partial charge in [-0.25, -0.2) is 0 Å². The Balaban J connectivity index is 4.55. The molecule has 0 aliphatic rings. The first-order valence-corrected chi connectivity index (χ1v) is 18.0. The topological polar surface area (TPSA) is 40.5 Å². The van der Waals surface area contributed by atoms with Crippen LogP contribution < -0.4 is 0 Å². The summed E-state index contributed by atoms with van der Waals surface area (Å²) in [7, 11) is 0. The van der Waals surface area contributed by atoms with Gasteiger partial charge in [0.25, 0.3) is 0 Å². The van der Waals surface area contributed by atoms with E-state index < -0.39 is 0 Å². The van der Waals surface area contributed by atoms with Crippen molar-refractivity contribution in [2.45, 2.75) is 206 Å². The highest BCUT2D eigenvalue weighted by Crippen LogP contribution is 2.33. The first-order valence-electron chi connectivity index (χ1n) is 18.0. The van der Waals surface area contributed by atoms with Crippen molar-refractivity contribution in [2.24, 2.45) is 11.8 Å². The van der Waals surface area contributed by atoms with Crippen LogP contribution in [0.3, 0.4) is 0 Å². The van der Waals surface area contributed by atoms with Gasteiger partial charge < -0.3 is 10.2 Å². The zero-order chi connectivity index (χ0) is 27.8. The van der Waals surface area contributed by atoms with Gasteiger partial charge >= 0.3 is 0 Å². The van der Waals surface area contributed by atoms with Crippen LogP contribution >= 0.6 is 0 Å². The molecule has 2 unspecified atom stereocenters. The minimum absolute atomic E-state index is 0.366. The van der Waals surface area contributed by atoms with Gasteiger partial charge in [-0.05, 0) is 24.7 Å². The van der Waals surface area contributed by atoms with E-state index >= 15 is 0 Å². The Morgan fingerprint density at radius 1 is 0.289 bits per heavy atom. The molecule has 0 amide bonds. The van der Waals surface area contributed by atoms with Crippen molar-refractivity contribution in [3.63, 3.8) is 0 Å². The highest BCUT2D eigenvalue weighted by molar-refractivity contribution is 4.72. The summed E-state index contributed by atoms with van der Waals surface area (Å²) in [4.78, 5) is 0. The SMILES string of the molecule is CCCCCCCCC(CCCCCCCCCO)C(CCCCCC)CCCCCCCCCCCO. The predicted octanol–water partition coefficient (Wildman–Crippen LogP) is 11.9. The summed E-state index contributed by atoms with van der Waals surface area (Å²) >= 11 is 0. The zero-order valence-corrected chi connectivity index (χ0v) is 26.7. The van der Waals surface area contributed by atoms with Crippen molar-refractivity contribution < 1.29 is 10.2 Å². The monoisotopic (exact) mass is 539 g/mol. The van der Waals surface area contributed by atoms with E-state index in [4.69, 9.17) is 10.2 Å². The van der Waals surface area contributed by atoms with Crippen molar-refractivity contribution in [1.29, 1.82) is 0 Å². The molecule has 2 nitrogen and oxygen atoms in total. The van der Waals surface area contributed by atoms with Crippen molar-refractivity contribution in [3.8, 4) is 0 Å². The van der Waals surface area contributed by atoms with Gasteiger partial charge in [0.05, 0.1) is 0 Å². The second-order valence-electron chi connectivity index (χ2n) is 12.6. The minimum Gasteiger partial charge on any atom is -0.396 e. The van der Waals surface area contributed by atoms with Crippen LogP contribution in [0.25, 0.3) is 0 Å². The third kappa shape index (κ3) is 27.5. The lowest BCUT2D eigenvalue weighted by Crippen LogP contribution is -2.16. The number of aliphatic hydroxyl groups is 2. The third-order valence-electron chi connectivity index (χ3n) is 8.99. The van der Waals surface area contributed by atoms with E-state index in [1.165, 1.54) is 180 Å². The molecule has 0 saturated heterocycles. The molecule has 0 aromatic carbocycles. The molecular formula is C36H74O2. The number of aliphatic hydroxyl groups excluding tert-OH is 2. The van der Waals surface area contributed by atoms with E-state index in [2.05, 4.69) is 13.8 Å². The van der Waals surface area contributed by atoms with Crippen LogP contribution in [0.15, 0.2) is 0 Å². The molecular weight excluding hydrogens is 464 g/mol. The Kier molecular flexibility index (Phi) is 33.1. The van der Waals surface area contributed by atoms with Gasteiger partial charge in [-0.3, -0.25) is 0 Å². The highest BCUT2D eigenvalue weighted by atomic mass is 16.3. The van der Waals surface area contributed by atoms with Gasteiger partial charge in [0.2, 0.25) is 0 Å². The average molecular weight is 539 g/mol. The van der Waals surface area contributed by atoms with E-state index in [0.29, 0.717) is 13.2 Å². The summed E-state index contributed by atoms with van der Waals surface area (Å²) in [6, 6.07) is 0. The standard InChI is InChI=1S/C36H74O2/c1-3-5-7-9-18-24-30-36(32-26-20-15-13-17-22-28-34-38)35(29-23-8-6-4-2)31-25-19-14-11-10-12-16-21-27-33-37/h35-38H,3-34H2,1-2H3. The molecule has 0 rings (SSSR count). The quantitative estimate of drug-likeness (QED) is 0.0815. The van der Waals surface area contributed by atoms with E-state index in [1.54, 1.807) is 0 Å². The summed E-state index contributed by atoms with van der Waals surface area (Å²) in [6.45, 7) is 5.40. The Labute approximate surface area is 241 Å². The lowest BCUT2D eigenvalue weighted by Gasteiger charge is -2.28. The van der Waals surface area contributed by atoms with E-state index in [-0.39, 0.29) is 0 Å². The summed E-state index contributed by atoms with van der Waals surface area (Å²) in [6.07, 6.45) is 41.4. The normalized spacial score (nSPS) is 13.3. The lowest BCUT2D eigenvalue weighted by molar-refractivity contribution is 0.236. The fourth-order valence-electron chi connectivity index (χ4n) is 6.41. The van der Waals surface area contributed by atoms with Crippen LogP contribution in [-0.4, -0.2) is 23.4 Å². The van der Waals surface area contributed by atoms with Gasteiger partial charge in [-0.2, -0.15) is 0 Å². The molecule has 0 radical (unpaired) electrons. The molecule has 0 bridgehead atoms. The van der Waals surface area contributed by atoms with Crippen LogP contribution in [0.5, 0.6) is 0 Å². The Morgan fingerprint density at radius 2 is 0.500 bits per heavy atom. The largest absolute Gasteiger partial charge is 0.396 e. The highest BCUT2D eigenvalue weighted by Gasteiger charge is 2.20. The zero-order valence-electron chi connectivity index (χ0n) is 26.7. The fourth-order valence-corrected chi connectivity index (χ4v) is 6.41. The lowest BCUT2D eigenvalue weighted by atomic mass is 9.78. The van der Waals surface area contributed by atoms with Crippen molar-refractivity contribution in [2.75, 3.05) is 13.2 Å². The molecule has 0 heterocycles. The number of hydrogen-bond acceptors (Lipinski definition) is 2. The summed E-state index contributed by atoms with van der Waals surface area (Å²) in [5.41, 5.74) is 0. The average Bonchev–Trinajstić information content (AvgIpc) is 2.93. The Morgan fingerprint density at radius 3 is 0.763 bits per heavy atom. The summed E-state index contributed by atoms with van der Waals surface area (Å²) in [5, 5.41) is 17.9. The van der Waals surface area contributed by atoms with Crippen LogP contribution in [0, 0.1) is 11.8 Å². The molecule has 0 aliphatic heterocycles. The van der Waals surface area contributed by atoms with Crippen LogP contribution in [-0.2, 0) is 0 Å².